The Morgan fingerprint density at radius 1 is 1.14 bits per heavy atom. The summed E-state index contributed by atoms with van der Waals surface area (Å²) in [5.74, 6) is 0. The van der Waals surface area contributed by atoms with Gasteiger partial charge in [0, 0.05) is 19.0 Å². The Bertz CT molecular complexity index is 700. The number of nitrogens with one attached hydrogen (secondary N) is 1. The molecule has 1 aromatic heterocycles. The predicted octanol–water partition coefficient (Wildman–Crippen LogP) is 4.50. The number of aromatic nitrogens is 1. The SMILES string of the molecule is Cc1cccc(C(C)NCCc2nc3ccccc3s2)c1. The standard InChI is InChI=1S/C18H20N2S/c1-13-6-5-7-15(12-13)14(2)19-11-10-18-20-16-8-3-4-9-17(16)21-18/h3-9,12,14,19H,10-11H2,1-2H3. The molecule has 0 bridgehead atoms. The molecule has 0 fully saturated rings. The van der Waals surface area contributed by atoms with Gasteiger partial charge in [0.05, 0.1) is 15.2 Å². The highest BCUT2D eigenvalue weighted by atomic mass is 32.1. The molecule has 1 unspecified atom stereocenters. The Morgan fingerprint density at radius 3 is 2.81 bits per heavy atom. The van der Waals surface area contributed by atoms with Gasteiger partial charge in [0.2, 0.25) is 0 Å². The van der Waals surface area contributed by atoms with Crippen molar-refractivity contribution in [3.63, 3.8) is 0 Å². The highest BCUT2D eigenvalue weighted by molar-refractivity contribution is 7.18. The van der Waals surface area contributed by atoms with Crippen molar-refractivity contribution in [1.29, 1.82) is 0 Å². The van der Waals surface area contributed by atoms with E-state index < -0.39 is 0 Å². The van der Waals surface area contributed by atoms with Gasteiger partial charge in [0.15, 0.2) is 0 Å². The third-order valence-corrected chi connectivity index (χ3v) is 4.77. The van der Waals surface area contributed by atoms with Gasteiger partial charge in [-0.3, -0.25) is 0 Å². The maximum absolute atomic E-state index is 4.67. The maximum Gasteiger partial charge on any atom is 0.0951 e. The molecule has 2 nitrogen and oxygen atoms in total. The summed E-state index contributed by atoms with van der Waals surface area (Å²) in [5.41, 5.74) is 3.77. The quantitative estimate of drug-likeness (QED) is 0.750. The number of hydrogen-bond acceptors (Lipinski definition) is 3. The molecular formula is C18H20N2S. The molecule has 0 aliphatic heterocycles. The Labute approximate surface area is 129 Å². The van der Waals surface area contributed by atoms with Crippen molar-refractivity contribution >= 4 is 21.6 Å². The zero-order valence-electron chi connectivity index (χ0n) is 12.5. The molecule has 2 aromatic carbocycles. The monoisotopic (exact) mass is 296 g/mol. The summed E-state index contributed by atoms with van der Waals surface area (Å²) in [6, 6.07) is 17.4. The molecular weight excluding hydrogens is 276 g/mol. The average molecular weight is 296 g/mol. The molecule has 1 N–H and O–H groups in total. The minimum Gasteiger partial charge on any atom is -0.310 e. The number of rotatable bonds is 5. The van der Waals surface area contributed by atoms with Gasteiger partial charge in [0.1, 0.15) is 0 Å². The molecule has 108 valence electrons. The van der Waals surface area contributed by atoms with Crippen LogP contribution in [0.3, 0.4) is 0 Å². The number of nitrogens with zero attached hydrogens (tertiary/aromatic N) is 1. The van der Waals surface area contributed by atoms with E-state index in [9.17, 15) is 0 Å². The lowest BCUT2D eigenvalue weighted by molar-refractivity contribution is 0.576. The Kier molecular flexibility index (Phi) is 4.32. The lowest BCUT2D eigenvalue weighted by Gasteiger charge is -2.14. The molecule has 0 amide bonds. The van der Waals surface area contributed by atoms with Crippen LogP contribution in [0, 0.1) is 6.92 Å². The highest BCUT2D eigenvalue weighted by Crippen LogP contribution is 2.22. The van der Waals surface area contributed by atoms with Crippen LogP contribution in [0.15, 0.2) is 48.5 Å². The first-order valence-corrected chi connectivity index (χ1v) is 8.18. The number of benzene rings is 2. The first kappa shape index (κ1) is 14.2. The molecule has 0 saturated carbocycles. The molecule has 0 aliphatic carbocycles. The van der Waals surface area contributed by atoms with Crippen LogP contribution in [0.5, 0.6) is 0 Å². The van der Waals surface area contributed by atoms with Crippen LogP contribution in [0.2, 0.25) is 0 Å². The Balaban J connectivity index is 1.58. The zero-order chi connectivity index (χ0) is 14.7. The van der Waals surface area contributed by atoms with E-state index in [0.717, 1.165) is 18.5 Å². The van der Waals surface area contributed by atoms with Gasteiger partial charge in [-0.1, -0.05) is 42.0 Å². The molecule has 1 atom stereocenters. The normalized spacial score (nSPS) is 12.7. The van der Waals surface area contributed by atoms with Gasteiger partial charge >= 0.3 is 0 Å². The van der Waals surface area contributed by atoms with Crippen molar-refractivity contribution in [2.24, 2.45) is 0 Å². The van der Waals surface area contributed by atoms with E-state index in [-0.39, 0.29) is 0 Å². The molecule has 3 heteroatoms. The fourth-order valence-corrected chi connectivity index (χ4v) is 3.45. The van der Waals surface area contributed by atoms with Crippen LogP contribution in [-0.4, -0.2) is 11.5 Å². The summed E-state index contributed by atoms with van der Waals surface area (Å²) < 4.78 is 1.28. The predicted molar refractivity (Wildman–Crippen MR) is 90.9 cm³/mol. The van der Waals surface area contributed by atoms with Crippen LogP contribution in [0.4, 0.5) is 0 Å². The Morgan fingerprint density at radius 2 is 2.00 bits per heavy atom. The van der Waals surface area contributed by atoms with E-state index in [1.165, 1.54) is 20.8 Å². The lowest BCUT2D eigenvalue weighted by Crippen LogP contribution is -2.21. The number of hydrogen-bond donors (Lipinski definition) is 1. The van der Waals surface area contributed by atoms with Crippen molar-refractivity contribution < 1.29 is 0 Å². The van der Waals surface area contributed by atoms with E-state index in [4.69, 9.17) is 0 Å². The minimum absolute atomic E-state index is 0.374. The Hall–Kier alpha value is -1.71. The molecule has 3 aromatic rings. The van der Waals surface area contributed by atoms with Crippen molar-refractivity contribution in [1.82, 2.24) is 10.3 Å². The summed E-state index contributed by atoms with van der Waals surface area (Å²) in [6.45, 7) is 5.30. The maximum atomic E-state index is 4.67. The number of thiazole rings is 1. The van der Waals surface area contributed by atoms with Crippen molar-refractivity contribution in [2.75, 3.05) is 6.54 Å². The first-order valence-electron chi connectivity index (χ1n) is 7.37. The van der Waals surface area contributed by atoms with Crippen LogP contribution < -0.4 is 5.32 Å². The van der Waals surface area contributed by atoms with Crippen LogP contribution in [0.25, 0.3) is 10.2 Å². The average Bonchev–Trinajstić information content (AvgIpc) is 2.89. The van der Waals surface area contributed by atoms with Crippen molar-refractivity contribution in [3.8, 4) is 0 Å². The highest BCUT2D eigenvalue weighted by Gasteiger charge is 2.06. The zero-order valence-corrected chi connectivity index (χ0v) is 13.3. The lowest BCUT2D eigenvalue weighted by atomic mass is 10.1. The van der Waals surface area contributed by atoms with Crippen molar-refractivity contribution in [3.05, 3.63) is 64.7 Å². The summed E-state index contributed by atoms with van der Waals surface area (Å²) >= 11 is 1.80. The molecule has 0 aliphatic rings. The van der Waals surface area contributed by atoms with E-state index in [1.54, 1.807) is 11.3 Å². The molecule has 1 heterocycles. The topological polar surface area (TPSA) is 24.9 Å². The second-order valence-electron chi connectivity index (χ2n) is 5.42. The van der Waals surface area contributed by atoms with Crippen molar-refractivity contribution in [2.45, 2.75) is 26.3 Å². The summed E-state index contributed by atoms with van der Waals surface area (Å²) in [7, 11) is 0. The van der Waals surface area contributed by atoms with Crippen LogP contribution in [0.1, 0.15) is 29.1 Å². The summed E-state index contributed by atoms with van der Waals surface area (Å²) in [4.78, 5) is 4.67. The molecule has 0 radical (unpaired) electrons. The summed E-state index contributed by atoms with van der Waals surface area (Å²) in [5, 5.41) is 4.79. The number of aryl methyl sites for hydroxylation is 1. The molecule has 3 rings (SSSR count). The molecule has 0 saturated heterocycles. The largest absolute Gasteiger partial charge is 0.310 e. The van der Waals surface area contributed by atoms with E-state index >= 15 is 0 Å². The van der Waals surface area contributed by atoms with E-state index in [1.807, 2.05) is 6.07 Å². The first-order chi connectivity index (χ1) is 10.2. The second kappa shape index (κ2) is 6.37. The van der Waals surface area contributed by atoms with Crippen LogP contribution >= 0.6 is 11.3 Å². The van der Waals surface area contributed by atoms with Gasteiger partial charge in [-0.05, 0) is 31.5 Å². The van der Waals surface area contributed by atoms with E-state index in [2.05, 4.69) is 66.6 Å². The molecule has 0 spiro atoms. The fraction of sp³-hybridized carbons (Fsp3) is 0.278. The third kappa shape index (κ3) is 3.49. The third-order valence-electron chi connectivity index (χ3n) is 3.67. The van der Waals surface area contributed by atoms with Gasteiger partial charge in [-0.25, -0.2) is 4.98 Å². The number of fused-ring (bicyclic) bond motifs is 1. The fourth-order valence-electron chi connectivity index (χ4n) is 2.48. The van der Waals surface area contributed by atoms with Gasteiger partial charge in [0.25, 0.3) is 0 Å². The summed E-state index contributed by atoms with van der Waals surface area (Å²) in [6.07, 6.45) is 0.982. The van der Waals surface area contributed by atoms with Gasteiger partial charge in [-0.15, -0.1) is 11.3 Å². The minimum atomic E-state index is 0.374. The van der Waals surface area contributed by atoms with Gasteiger partial charge < -0.3 is 5.32 Å². The second-order valence-corrected chi connectivity index (χ2v) is 6.53. The number of para-hydroxylation sites is 1. The van der Waals surface area contributed by atoms with Gasteiger partial charge in [-0.2, -0.15) is 0 Å². The van der Waals surface area contributed by atoms with E-state index in [0.29, 0.717) is 6.04 Å². The van der Waals surface area contributed by atoms with Crippen LogP contribution in [-0.2, 0) is 6.42 Å². The smallest absolute Gasteiger partial charge is 0.0951 e. The molecule has 21 heavy (non-hydrogen) atoms.